The van der Waals surface area contributed by atoms with E-state index in [9.17, 15) is 4.79 Å². The van der Waals surface area contributed by atoms with Crippen LogP contribution in [-0.2, 0) is 7.05 Å². The standard InChI is InChI=1S/C14H24N4O/c1-11(2)18(10-12-4-6-15-7-5-12)14(19)13-16-8-9-17(13)3/h8-9,11-12,15H,4-7,10H2,1-3H3. The van der Waals surface area contributed by atoms with Crippen LogP contribution >= 0.6 is 0 Å². The van der Waals surface area contributed by atoms with Gasteiger partial charge in [0.15, 0.2) is 5.82 Å². The third-order valence-electron chi connectivity index (χ3n) is 3.81. The fraction of sp³-hybridized carbons (Fsp3) is 0.714. The Morgan fingerprint density at radius 2 is 2.21 bits per heavy atom. The smallest absolute Gasteiger partial charge is 0.290 e. The van der Waals surface area contributed by atoms with Crippen molar-refractivity contribution in [2.24, 2.45) is 13.0 Å². The summed E-state index contributed by atoms with van der Waals surface area (Å²) in [5.41, 5.74) is 0. The molecular weight excluding hydrogens is 240 g/mol. The number of nitrogens with one attached hydrogen (secondary N) is 1. The summed E-state index contributed by atoms with van der Waals surface area (Å²) in [6.07, 6.45) is 5.79. The monoisotopic (exact) mass is 264 g/mol. The van der Waals surface area contributed by atoms with Gasteiger partial charge in [0.25, 0.3) is 5.91 Å². The molecule has 1 aromatic heterocycles. The number of hydrogen-bond acceptors (Lipinski definition) is 3. The van der Waals surface area contributed by atoms with Gasteiger partial charge in [0, 0.05) is 32.0 Å². The summed E-state index contributed by atoms with van der Waals surface area (Å²) in [5.74, 6) is 1.18. The summed E-state index contributed by atoms with van der Waals surface area (Å²) in [6, 6.07) is 0.207. The lowest BCUT2D eigenvalue weighted by atomic mass is 9.97. The Morgan fingerprint density at radius 1 is 1.53 bits per heavy atom. The first-order valence-electron chi connectivity index (χ1n) is 7.08. The number of imidazole rings is 1. The third-order valence-corrected chi connectivity index (χ3v) is 3.81. The zero-order valence-electron chi connectivity index (χ0n) is 12.1. The summed E-state index contributed by atoms with van der Waals surface area (Å²) >= 11 is 0. The first-order valence-corrected chi connectivity index (χ1v) is 7.08. The van der Waals surface area contributed by atoms with Crippen molar-refractivity contribution < 1.29 is 4.79 Å². The first kappa shape index (κ1) is 14.1. The molecule has 5 nitrogen and oxygen atoms in total. The quantitative estimate of drug-likeness (QED) is 0.891. The second-order valence-electron chi connectivity index (χ2n) is 5.61. The number of carbonyl (C=O) groups excluding carboxylic acids is 1. The van der Waals surface area contributed by atoms with E-state index in [1.807, 2.05) is 18.1 Å². The molecule has 0 atom stereocenters. The highest BCUT2D eigenvalue weighted by atomic mass is 16.2. The fourth-order valence-corrected chi connectivity index (χ4v) is 2.57. The van der Waals surface area contributed by atoms with Gasteiger partial charge in [-0.3, -0.25) is 4.79 Å². The topological polar surface area (TPSA) is 50.2 Å². The number of carbonyl (C=O) groups is 1. The lowest BCUT2D eigenvalue weighted by molar-refractivity contribution is 0.0642. The van der Waals surface area contributed by atoms with E-state index in [1.165, 1.54) is 0 Å². The van der Waals surface area contributed by atoms with Crippen LogP contribution in [0.2, 0.25) is 0 Å². The lowest BCUT2D eigenvalue weighted by Crippen LogP contribution is -2.43. The van der Waals surface area contributed by atoms with Gasteiger partial charge in [-0.05, 0) is 45.7 Å². The molecule has 0 radical (unpaired) electrons. The Morgan fingerprint density at radius 3 is 2.74 bits per heavy atom. The van der Waals surface area contributed by atoms with Gasteiger partial charge in [-0.15, -0.1) is 0 Å². The van der Waals surface area contributed by atoms with Gasteiger partial charge < -0.3 is 14.8 Å². The highest BCUT2D eigenvalue weighted by molar-refractivity contribution is 5.91. The van der Waals surface area contributed by atoms with Crippen molar-refractivity contribution in [3.8, 4) is 0 Å². The zero-order chi connectivity index (χ0) is 13.8. The van der Waals surface area contributed by atoms with E-state index in [0.717, 1.165) is 32.5 Å². The molecule has 19 heavy (non-hydrogen) atoms. The molecule has 1 saturated heterocycles. The number of aromatic nitrogens is 2. The van der Waals surface area contributed by atoms with Gasteiger partial charge >= 0.3 is 0 Å². The molecule has 0 saturated carbocycles. The Labute approximate surface area is 115 Å². The predicted octanol–water partition coefficient (Wildman–Crippen LogP) is 1.27. The van der Waals surface area contributed by atoms with Crippen LogP contribution in [0.3, 0.4) is 0 Å². The highest BCUT2D eigenvalue weighted by Crippen LogP contribution is 2.16. The first-order chi connectivity index (χ1) is 9.09. The Kier molecular flexibility index (Phi) is 4.58. The van der Waals surface area contributed by atoms with Crippen molar-refractivity contribution in [3.63, 3.8) is 0 Å². The summed E-state index contributed by atoms with van der Waals surface area (Å²) < 4.78 is 1.79. The van der Waals surface area contributed by atoms with Crippen LogP contribution in [0.1, 0.15) is 37.3 Å². The van der Waals surface area contributed by atoms with Gasteiger partial charge in [0.05, 0.1) is 0 Å². The summed E-state index contributed by atoms with van der Waals surface area (Å²) in [6.45, 7) is 7.11. The Bertz CT molecular complexity index is 421. The van der Waals surface area contributed by atoms with E-state index in [4.69, 9.17) is 0 Å². The molecule has 0 aliphatic carbocycles. The summed E-state index contributed by atoms with van der Waals surface area (Å²) in [7, 11) is 1.86. The van der Waals surface area contributed by atoms with Crippen LogP contribution in [-0.4, -0.2) is 46.0 Å². The molecule has 1 amide bonds. The number of rotatable bonds is 4. The number of aryl methyl sites for hydroxylation is 1. The number of piperidine rings is 1. The SMILES string of the molecule is CC(C)N(CC1CCNCC1)C(=O)c1nccn1C. The number of nitrogens with zero attached hydrogens (tertiary/aromatic N) is 3. The molecule has 5 heteroatoms. The molecular formula is C14H24N4O. The zero-order valence-corrected chi connectivity index (χ0v) is 12.1. The molecule has 2 heterocycles. The summed E-state index contributed by atoms with van der Waals surface area (Å²) in [5, 5.41) is 3.36. The molecule has 106 valence electrons. The van der Waals surface area contributed by atoms with Crippen LogP contribution in [0.5, 0.6) is 0 Å². The predicted molar refractivity (Wildman–Crippen MR) is 75.0 cm³/mol. The van der Waals surface area contributed by atoms with E-state index in [0.29, 0.717) is 11.7 Å². The van der Waals surface area contributed by atoms with Gasteiger partial charge in [-0.25, -0.2) is 4.98 Å². The molecule has 1 aliphatic rings. The van der Waals surface area contributed by atoms with Crippen LogP contribution in [0.15, 0.2) is 12.4 Å². The largest absolute Gasteiger partial charge is 0.333 e. The van der Waals surface area contributed by atoms with E-state index >= 15 is 0 Å². The Hall–Kier alpha value is -1.36. The summed E-state index contributed by atoms with van der Waals surface area (Å²) in [4.78, 5) is 18.7. The van der Waals surface area contributed by atoms with Crippen LogP contribution in [0.25, 0.3) is 0 Å². The number of amides is 1. The van der Waals surface area contributed by atoms with Crippen molar-refractivity contribution in [2.75, 3.05) is 19.6 Å². The highest BCUT2D eigenvalue weighted by Gasteiger charge is 2.25. The van der Waals surface area contributed by atoms with E-state index in [1.54, 1.807) is 10.8 Å². The fourth-order valence-electron chi connectivity index (χ4n) is 2.57. The molecule has 0 spiro atoms. The van der Waals surface area contributed by atoms with E-state index in [-0.39, 0.29) is 11.9 Å². The second-order valence-corrected chi connectivity index (χ2v) is 5.61. The van der Waals surface area contributed by atoms with Crippen molar-refractivity contribution in [1.29, 1.82) is 0 Å². The molecule has 1 aromatic rings. The third kappa shape index (κ3) is 3.35. The lowest BCUT2D eigenvalue weighted by Gasteiger charge is -2.32. The molecule has 1 aliphatic heterocycles. The van der Waals surface area contributed by atoms with Gasteiger partial charge in [-0.2, -0.15) is 0 Å². The molecule has 0 aromatic carbocycles. The van der Waals surface area contributed by atoms with Crippen LogP contribution in [0.4, 0.5) is 0 Å². The average Bonchev–Trinajstić information content (AvgIpc) is 2.82. The van der Waals surface area contributed by atoms with Crippen molar-refractivity contribution in [1.82, 2.24) is 19.8 Å². The van der Waals surface area contributed by atoms with E-state index in [2.05, 4.69) is 24.1 Å². The molecule has 1 fully saturated rings. The minimum atomic E-state index is 0.0426. The number of hydrogen-bond donors (Lipinski definition) is 1. The van der Waals surface area contributed by atoms with Gasteiger partial charge in [0.1, 0.15) is 0 Å². The van der Waals surface area contributed by atoms with Gasteiger partial charge in [0.2, 0.25) is 0 Å². The molecule has 0 bridgehead atoms. The van der Waals surface area contributed by atoms with E-state index < -0.39 is 0 Å². The minimum absolute atomic E-state index is 0.0426. The van der Waals surface area contributed by atoms with Gasteiger partial charge in [-0.1, -0.05) is 0 Å². The van der Waals surface area contributed by atoms with Crippen LogP contribution in [0, 0.1) is 5.92 Å². The minimum Gasteiger partial charge on any atom is -0.333 e. The second kappa shape index (κ2) is 6.19. The molecule has 1 N–H and O–H groups in total. The van der Waals surface area contributed by atoms with Crippen molar-refractivity contribution in [3.05, 3.63) is 18.2 Å². The maximum Gasteiger partial charge on any atom is 0.290 e. The maximum atomic E-state index is 12.6. The molecule has 2 rings (SSSR count). The molecule has 0 unspecified atom stereocenters. The van der Waals surface area contributed by atoms with Crippen molar-refractivity contribution in [2.45, 2.75) is 32.7 Å². The van der Waals surface area contributed by atoms with Crippen LogP contribution < -0.4 is 5.32 Å². The average molecular weight is 264 g/mol. The maximum absolute atomic E-state index is 12.6. The van der Waals surface area contributed by atoms with Crippen molar-refractivity contribution >= 4 is 5.91 Å². The normalized spacial score (nSPS) is 16.8. The Balaban J connectivity index is 2.07.